The molecule has 2 rings (SSSR count). The van der Waals surface area contributed by atoms with Gasteiger partial charge in [-0.05, 0) is 44.8 Å². The van der Waals surface area contributed by atoms with E-state index in [0.29, 0.717) is 0 Å². The molecule has 2 aliphatic heterocycles. The molecule has 2 nitrogen and oxygen atoms in total. The molecule has 13 heavy (non-hydrogen) atoms. The second-order valence-electron chi connectivity index (χ2n) is 4.78. The Labute approximate surface area is 81.9 Å². The summed E-state index contributed by atoms with van der Waals surface area (Å²) in [6.45, 7) is 8.93. The Hall–Kier alpha value is -0.0800. The standard InChI is InChI=1S/C11H22N2/c1-3-13-8-11(9-13)10-5-4-6-12(2)7-10/h10-11H,3-9H2,1-2H3. The van der Waals surface area contributed by atoms with E-state index in [4.69, 9.17) is 0 Å². The van der Waals surface area contributed by atoms with Crippen molar-refractivity contribution in [1.82, 2.24) is 9.80 Å². The molecule has 0 spiro atoms. The zero-order valence-corrected chi connectivity index (χ0v) is 9.00. The Morgan fingerprint density at radius 3 is 2.54 bits per heavy atom. The Kier molecular flexibility index (Phi) is 2.89. The van der Waals surface area contributed by atoms with Crippen LogP contribution in [0.4, 0.5) is 0 Å². The lowest BCUT2D eigenvalue weighted by molar-refractivity contribution is 0.0315. The van der Waals surface area contributed by atoms with Crippen molar-refractivity contribution in [2.24, 2.45) is 11.8 Å². The molecule has 0 aliphatic carbocycles. The molecular weight excluding hydrogens is 160 g/mol. The van der Waals surface area contributed by atoms with Crippen molar-refractivity contribution in [3.63, 3.8) is 0 Å². The van der Waals surface area contributed by atoms with Gasteiger partial charge in [-0.25, -0.2) is 0 Å². The van der Waals surface area contributed by atoms with Gasteiger partial charge in [0.25, 0.3) is 0 Å². The molecule has 1 unspecified atom stereocenters. The van der Waals surface area contributed by atoms with Gasteiger partial charge in [-0.2, -0.15) is 0 Å². The summed E-state index contributed by atoms with van der Waals surface area (Å²) < 4.78 is 0. The fourth-order valence-electron chi connectivity index (χ4n) is 2.76. The SMILES string of the molecule is CCN1CC(C2CCCN(C)C2)C1. The van der Waals surface area contributed by atoms with Crippen molar-refractivity contribution in [3.8, 4) is 0 Å². The van der Waals surface area contributed by atoms with Gasteiger partial charge >= 0.3 is 0 Å². The third-order valence-corrected chi connectivity index (χ3v) is 3.76. The van der Waals surface area contributed by atoms with Gasteiger partial charge in [-0.1, -0.05) is 6.92 Å². The molecule has 1 atom stereocenters. The normalized spacial score (nSPS) is 33.2. The molecular formula is C11H22N2. The Morgan fingerprint density at radius 2 is 1.92 bits per heavy atom. The van der Waals surface area contributed by atoms with E-state index >= 15 is 0 Å². The fourth-order valence-corrected chi connectivity index (χ4v) is 2.76. The molecule has 0 radical (unpaired) electrons. The average Bonchev–Trinajstić information content (AvgIpc) is 2.02. The molecule has 0 aromatic carbocycles. The molecule has 2 saturated heterocycles. The van der Waals surface area contributed by atoms with E-state index in [9.17, 15) is 0 Å². The highest BCUT2D eigenvalue weighted by Crippen LogP contribution is 2.29. The molecule has 76 valence electrons. The summed E-state index contributed by atoms with van der Waals surface area (Å²) in [5.74, 6) is 2.02. The van der Waals surface area contributed by atoms with Crippen LogP contribution in [0.2, 0.25) is 0 Å². The third-order valence-electron chi connectivity index (χ3n) is 3.76. The molecule has 0 aromatic rings. The van der Waals surface area contributed by atoms with Crippen LogP contribution >= 0.6 is 0 Å². The Bertz CT molecular complexity index is 163. The summed E-state index contributed by atoms with van der Waals surface area (Å²) in [6.07, 6.45) is 2.90. The highest BCUT2D eigenvalue weighted by Gasteiger charge is 2.33. The Morgan fingerprint density at radius 1 is 1.15 bits per heavy atom. The van der Waals surface area contributed by atoms with Gasteiger partial charge in [0, 0.05) is 19.6 Å². The topological polar surface area (TPSA) is 6.48 Å². The van der Waals surface area contributed by atoms with E-state index in [1.165, 1.54) is 45.6 Å². The number of hydrogen-bond acceptors (Lipinski definition) is 2. The third kappa shape index (κ3) is 2.05. The number of piperidine rings is 1. The minimum absolute atomic E-state index is 1.00. The van der Waals surface area contributed by atoms with Crippen LogP contribution < -0.4 is 0 Å². The molecule has 2 fully saturated rings. The van der Waals surface area contributed by atoms with Gasteiger partial charge in [-0.15, -0.1) is 0 Å². The molecule has 0 amide bonds. The zero-order chi connectivity index (χ0) is 9.26. The minimum atomic E-state index is 1.00. The van der Waals surface area contributed by atoms with Gasteiger partial charge in [0.1, 0.15) is 0 Å². The van der Waals surface area contributed by atoms with Crippen molar-refractivity contribution >= 4 is 0 Å². The van der Waals surface area contributed by atoms with Gasteiger partial charge in [0.05, 0.1) is 0 Å². The average molecular weight is 182 g/mol. The quantitative estimate of drug-likeness (QED) is 0.635. The maximum atomic E-state index is 2.55. The predicted molar refractivity (Wildman–Crippen MR) is 55.8 cm³/mol. The number of hydrogen-bond donors (Lipinski definition) is 0. The first-order chi connectivity index (χ1) is 6.29. The predicted octanol–water partition coefficient (Wildman–Crippen LogP) is 1.28. The summed E-state index contributed by atoms with van der Waals surface area (Å²) in [7, 11) is 2.27. The van der Waals surface area contributed by atoms with Crippen molar-refractivity contribution in [2.75, 3.05) is 39.8 Å². The van der Waals surface area contributed by atoms with Gasteiger partial charge < -0.3 is 9.80 Å². The fraction of sp³-hybridized carbons (Fsp3) is 1.00. The van der Waals surface area contributed by atoms with Crippen molar-refractivity contribution in [2.45, 2.75) is 19.8 Å². The van der Waals surface area contributed by atoms with E-state index in [1.54, 1.807) is 0 Å². The lowest BCUT2D eigenvalue weighted by Crippen LogP contribution is -2.52. The van der Waals surface area contributed by atoms with Crippen molar-refractivity contribution in [3.05, 3.63) is 0 Å². The summed E-state index contributed by atoms with van der Waals surface area (Å²) >= 11 is 0. The van der Waals surface area contributed by atoms with Crippen LogP contribution in [0, 0.1) is 11.8 Å². The lowest BCUT2D eigenvalue weighted by atomic mass is 9.81. The van der Waals surface area contributed by atoms with Crippen LogP contribution in [0.3, 0.4) is 0 Å². The summed E-state index contributed by atoms with van der Waals surface area (Å²) in [6, 6.07) is 0. The maximum absolute atomic E-state index is 2.55. The first-order valence-corrected chi connectivity index (χ1v) is 5.70. The second-order valence-corrected chi connectivity index (χ2v) is 4.78. The van der Waals surface area contributed by atoms with Crippen LogP contribution in [0.5, 0.6) is 0 Å². The van der Waals surface area contributed by atoms with Crippen LogP contribution in [0.25, 0.3) is 0 Å². The van der Waals surface area contributed by atoms with Gasteiger partial charge in [0.15, 0.2) is 0 Å². The number of nitrogens with zero attached hydrogens (tertiary/aromatic N) is 2. The molecule has 0 saturated carbocycles. The number of rotatable bonds is 2. The summed E-state index contributed by atoms with van der Waals surface area (Å²) in [4.78, 5) is 5.06. The largest absolute Gasteiger partial charge is 0.306 e. The molecule has 0 bridgehead atoms. The Balaban J connectivity index is 1.75. The van der Waals surface area contributed by atoms with Crippen molar-refractivity contribution in [1.29, 1.82) is 0 Å². The van der Waals surface area contributed by atoms with Crippen molar-refractivity contribution < 1.29 is 0 Å². The highest BCUT2D eigenvalue weighted by molar-refractivity contribution is 4.87. The number of likely N-dealkylation sites (tertiary alicyclic amines) is 2. The van der Waals surface area contributed by atoms with E-state index in [-0.39, 0.29) is 0 Å². The van der Waals surface area contributed by atoms with E-state index in [0.717, 1.165) is 11.8 Å². The zero-order valence-electron chi connectivity index (χ0n) is 9.00. The first kappa shape index (κ1) is 9.47. The summed E-state index contributed by atoms with van der Waals surface area (Å²) in [5, 5.41) is 0. The minimum Gasteiger partial charge on any atom is -0.306 e. The molecule has 2 aliphatic rings. The van der Waals surface area contributed by atoms with E-state index < -0.39 is 0 Å². The van der Waals surface area contributed by atoms with Crippen LogP contribution in [0.1, 0.15) is 19.8 Å². The van der Waals surface area contributed by atoms with Crippen LogP contribution in [-0.2, 0) is 0 Å². The smallest absolute Gasteiger partial charge is 0.00250 e. The monoisotopic (exact) mass is 182 g/mol. The molecule has 2 heteroatoms. The first-order valence-electron chi connectivity index (χ1n) is 5.70. The second kappa shape index (κ2) is 3.97. The highest BCUT2D eigenvalue weighted by atomic mass is 15.2. The van der Waals surface area contributed by atoms with E-state index in [2.05, 4.69) is 23.8 Å². The van der Waals surface area contributed by atoms with Gasteiger partial charge in [0.2, 0.25) is 0 Å². The lowest BCUT2D eigenvalue weighted by Gasteiger charge is -2.45. The summed E-state index contributed by atoms with van der Waals surface area (Å²) in [5.41, 5.74) is 0. The van der Waals surface area contributed by atoms with Gasteiger partial charge in [-0.3, -0.25) is 0 Å². The maximum Gasteiger partial charge on any atom is 0.00250 e. The molecule has 0 N–H and O–H groups in total. The van der Waals surface area contributed by atoms with Crippen LogP contribution in [-0.4, -0.2) is 49.6 Å². The molecule has 0 aromatic heterocycles. The van der Waals surface area contributed by atoms with E-state index in [1.807, 2.05) is 0 Å². The van der Waals surface area contributed by atoms with Crippen LogP contribution in [0.15, 0.2) is 0 Å². The molecule has 2 heterocycles.